The third kappa shape index (κ3) is 3.65. The Labute approximate surface area is 107 Å². The van der Waals surface area contributed by atoms with Crippen LogP contribution in [0, 0.1) is 17.2 Å². The van der Waals surface area contributed by atoms with Gasteiger partial charge in [0.25, 0.3) is 0 Å². The fourth-order valence-corrected chi connectivity index (χ4v) is 1.89. The highest BCUT2D eigenvalue weighted by Crippen LogP contribution is 2.08. The first-order valence-electron chi connectivity index (χ1n) is 5.71. The van der Waals surface area contributed by atoms with Crippen LogP contribution in [0.25, 0.3) is 0 Å². The Balaban J connectivity index is 0.000000180. The second kappa shape index (κ2) is 6.28. The number of Topliss-reactive ketones (excluding diaryl/α,β-unsaturated/α-hetero) is 2. The molecule has 2 N–H and O–H groups in total. The summed E-state index contributed by atoms with van der Waals surface area (Å²) < 4.78 is 0. The zero-order valence-electron chi connectivity index (χ0n) is 10.7. The van der Waals surface area contributed by atoms with Gasteiger partial charge < -0.3 is 5.73 Å². The van der Waals surface area contributed by atoms with Crippen LogP contribution in [0.5, 0.6) is 0 Å². The van der Waals surface area contributed by atoms with Gasteiger partial charge in [-0.1, -0.05) is 0 Å². The van der Waals surface area contributed by atoms with Gasteiger partial charge in [0.1, 0.15) is 5.92 Å². The Bertz CT molecular complexity index is 411. The van der Waals surface area contributed by atoms with Crippen LogP contribution in [0.15, 0.2) is 11.8 Å². The van der Waals surface area contributed by atoms with Gasteiger partial charge in [-0.2, -0.15) is 5.26 Å². The third-order valence-electron chi connectivity index (χ3n) is 2.88. The zero-order chi connectivity index (χ0) is 13.7. The molecular weight excluding hydrogens is 232 g/mol. The lowest BCUT2D eigenvalue weighted by molar-refractivity contribution is -0.118. The van der Waals surface area contributed by atoms with E-state index in [9.17, 15) is 9.59 Å². The predicted molar refractivity (Wildman–Crippen MR) is 66.4 cm³/mol. The molecule has 1 unspecified atom stereocenters. The molecule has 6 heteroatoms. The number of carbonyl (C=O) groups excluding carboxylic acids is 2. The molecule has 2 saturated heterocycles. The lowest BCUT2D eigenvalue weighted by atomic mass is 10.1. The summed E-state index contributed by atoms with van der Waals surface area (Å²) in [6, 6.07) is 1.95. The summed E-state index contributed by atoms with van der Waals surface area (Å²) in [6.45, 7) is 2.27. The zero-order valence-corrected chi connectivity index (χ0v) is 10.7. The highest BCUT2D eigenvalue weighted by atomic mass is 16.1. The Morgan fingerprint density at radius 3 is 2.17 bits per heavy atom. The average Bonchev–Trinajstić information content (AvgIpc) is 2.81. The Morgan fingerprint density at radius 2 is 1.94 bits per heavy atom. The first-order chi connectivity index (χ1) is 8.47. The van der Waals surface area contributed by atoms with Crippen LogP contribution in [-0.2, 0) is 9.59 Å². The number of ketones is 2. The van der Waals surface area contributed by atoms with E-state index in [4.69, 9.17) is 11.0 Å². The van der Waals surface area contributed by atoms with Crippen molar-refractivity contribution in [3.63, 3.8) is 0 Å². The third-order valence-corrected chi connectivity index (χ3v) is 2.88. The lowest BCUT2D eigenvalue weighted by Gasteiger charge is -2.00. The number of hydrogen-bond donors (Lipinski definition) is 1. The maximum Gasteiger partial charge on any atom is 0.175 e. The molecule has 0 bridgehead atoms. The van der Waals surface area contributed by atoms with Crippen LogP contribution in [-0.4, -0.2) is 61.6 Å². The normalized spacial score (nSPS) is 27.2. The van der Waals surface area contributed by atoms with Crippen molar-refractivity contribution in [2.24, 2.45) is 11.7 Å². The van der Waals surface area contributed by atoms with Crippen molar-refractivity contribution in [3.05, 3.63) is 11.8 Å². The number of nitriles is 1. The fourth-order valence-electron chi connectivity index (χ4n) is 1.89. The molecule has 0 amide bonds. The quantitative estimate of drug-likeness (QED) is 0.554. The largest absolute Gasteiger partial charge is 0.404 e. The van der Waals surface area contributed by atoms with E-state index in [1.54, 1.807) is 0 Å². The molecular formula is C12H18N4O2. The van der Waals surface area contributed by atoms with Gasteiger partial charge >= 0.3 is 0 Å². The van der Waals surface area contributed by atoms with E-state index in [-0.39, 0.29) is 17.5 Å². The number of likely N-dealkylation sites (tertiary alicyclic amines) is 2. The summed E-state index contributed by atoms with van der Waals surface area (Å²) in [5.74, 6) is -0.157. The molecule has 6 nitrogen and oxygen atoms in total. The summed E-state index contributed by atoms with van der Waals surface area (Å²) in [5, 5.41) is 8.36. The minimum absolute atomic E-state index is 0.0556. The summed E-state index contributed by atoms with van der Waals surface area (Å²) >= 11 is 0. The molecule has 2 aliphatic heterocycles. The van der Waals surface area contributed by atoms with Crippen molar-refractivity contribution >= 4 is 11.6 Å². The number of likely N-dealkylation sites (N-methyl/N-ethyl adjacent to an activating group) is 2. The smallest absolute Gasteiger partial charge is 0.175 e. The minimum atomic E-state index is -0.366. The summed E-state index contributed by atoms with van der Waals surface area (Å²) in [6.07, 6.45) is 1.39. The predicted octanol–water partition coefficient (Wildman–Crippen LogP) is -1.02. The highest BCUT2D eigenvalue weighted by molar-refractivity contribution is 5.99. The second-order valence-corrected chi connectivity index (χ2v) is 4.63. The Kier molecular flexibility index (Phi) is 5.01. The average molecular weight is 250 g/mol. The molecule has 0 radical (unpaired) electrons. The van der Waals surface area contributed by atoms with Crippen LogP contribution in [0.3, 0.4) is 0 Å². The Hall–Kier alpha value is -1.71. The standard InChI is InChI=1S/C6H10N2O.C6H8N2O/c2*1-8-3-5(2-7)6(9)4-8/h2H,3-4,7H2,1H3;5H,3-4H2,1H3/b5-2+;. The molecule has 0 aliphatic carbocycles. The molecule has 0 aromatic rings. The monoisotopic (exact) mass is 250 g/mol. The van der Waals surface area contributed by atoms with Gasteiger partial charge in [0.15, 0.2) is 11.6 Å². The molecule has 2 heterocycles. The van der Waals surface area contributed by atoms with Gasteiger partial charge in [0.05, 0.1) is 19.2 Å². The van der Waals surface area contributed by atoms with E-state index in [0.29, 0.717) is 26.2 Å². The molecule has 0 aromatic carbocycles. The second-order valence-electron chi connectivity index (χ2n) is 4.63. The molecule has 1 atom stereocenters. The number of nitrogens with two attached hydrogens (primary N) is 1. The van der Waals surface area contributed by atoms with Gasteiger partial charge in [-0.3, -0.25) is 19.4 Å². The summed E-state index contributed by atoms with van der Waals surface area (Å²) in [7, 11) is 3.74. The Morgan fingerprint density at radius 1 is 1.28 bits per heavy atom. The first-order valence-corrected chi connectivity index (χ1v) is 5.71. The van der Waals surface area contributed by atoms with Gasteiger partial charge in [-0.15, -0.1) is 0 Å². The van der Waals surface area contributed by atoms with E-state index in [2.05, 4.69) is 0 Å². The number of carbonyl (C=O) groups is 2. The molecule has 2 fully saturated rings. The fraction of sp³-hybridized carbons (Fsp3) is 0.583. The van der Waals surface area contributed by atoms with Crippen LogP contribution >= 0.6 is 0 Å². The summed E-state index contributed by atoms with van der Waals surface area (Å²) in [4.78, 5) is 25.4. The number of nitrogens with zero attached hydrogens (tertiary/aromatic N) is 3. The lowest BCUT2D eigenvalue weighted by Crippen LogP contribution is -2.13. The van der Waals surface area contributed by atoms with Gasteiger partial charge in [0.2, 0.25) is 0 Å². The number of hydrogen-bond acceptors (Lipinski definition) is 6. The van der Waals surface area contributed by atoms with Crippen molar-refractivity contribution < 1.29 is 9.59 Å². The number of rotatable bonds is 0. The van der Waals surface area contributed by atoms with Crippen molar-refractivity contribution in [1.29, 1.82) is 5.26 Å². The van der Waals surface area contributed by atoms with Gasteiger partial charge in [-0.25, -0.2) is 0 Å². The molecule has 0 spiro atoms. The molecule has 2 aliphatic rings. The maximum absolute atomic E-state index is 10.8. The molecule has 0 aromatic heterocycles. The van der Waals surface area contributed by atoms with Gasteiger partial charge in [0, 0.05) is 24.9 Å². The van der Waals surface area contributed by atoms with Crippen molar-refractivity contribution in [2.75, 3.05) is 40.3 Å². The van der Waals surface area contributed by atoms with Crippen LogP contribution in [0.1, 0.15) is 0 Å². The van der Waals surface area contributed by atoms with E-state index in [1.807, 2.05) is 30.0 Å². The van der Waals surface area contributed by atoms with Crippen molar-refractivity contribution in [2.45, 2.75) is 0 Å². The maximum atomic E-state index is 10.8. The topological polar surface area (TPSA) is 90.4 Å². The van der Waals surface area contributed by atoms with E-state index in [0.717, 1.165) is 5.57 Å². The molecule has 98 valence electrons. The molecule has 18 heavy (non-hydrogen) atoms. The van der Waals surface area contributed by atoms with E-state index in [1.165, 1.54) is 6.20 Å². The van der Waals surface area contributed by atoms with E-state index >= 15 is 0 Å². The van der Waals surface area contributed by atoms with Crippen LogP contribution in [0.2, 0.25) is 0 Å². The van der Waals surface area contributed by atoms with Crippen molar-refractivity contribution in [3.8, 4) is 6.07 Å². The highest BCUT2D eigenvalue weighted by Gasteiger charge is 2.27. The minimum Gasteiger partial charge on any atom is -0.404 e. The first kappa shape index (κ1) is 14.4. The van der Waals surface area contributed by atoms with E-state index < -0.39 is 0 Å². The molecule has 2 rings (SSSR count). The van der Waals surface area contributed by atoms with Crippen molar-refractivity contribution in [1.82, 2.24) is 9.80 Å². The van der Waals surface area contributed by atoms with Crippen LogP contribution in [0.4, 0.5) is 0 Å². The van der Waals surface area contributed by atoms with Gasteiger partial charge in [-0.05, 0) is 14.1 Å². The molecule has 0 saturated carbocycles. The van der Waals surface area contributed by atoms with Crippen LogP contribution < -0.4 is 5.73 Å². The SMILES string of the molecule is CN1CC(=O)/C(=C/N)C1.CN1CC(=O)C(C#N)C1. The summed E-state index contributed by atoms with van der Waals surface area (Å²) in [5.41, 5.74) is 5.91.